The number of nitrogens with two attached hydrogens (primary N) is 1. The van der Waals surface area contributed by atoms with Gasteiger partial charge in [-0.3, -0.25) is 4.79 Å². The molecule has 1 atom stereocenters. The Bertz CT molecular complexity index is 334. The van der Waals surface area contributed by atoms with Crippen molar-refractivity contribution in [2.45, 2.75) is 39.3 Å². The number of carbonyl (C=O) groups excluding carboxylic acids is 1. The summed E-state index contributed by atoms with van der Waals surface area (Å²) in [7, 11) is 0. The lowest BCUT2D eigenvalue weighted by Gasteiger charge is -2.10. The van der Waals surface area contributed by atoms with Crippen LogP contribution in [0, 0.1) is 0 Å². The molecule has 5 heteroatoms. The summed E-state index contributed by atoms with van der Waals surface area (Å²) >= 11 is 0. The number of esters is 1. The summed E-state index contributed by atoms with van der Waals surface area (Å²) in [5.41, 5.74) is 6.78. The van der Waals surface area contributed by atoms with Crippen LogP contribution in [0.4, 0.5) is 0 Å². The van der Waals surface area contributed by atoms with Gasteiger partial charge in [0.2, 0.25) is 0 Å². The predicted molar refractivity (Wildman–Crippen MR) is 60.7 cm³/mol. The molecule has 1 heterocycles. The number of aromatic nitrogens is 2. The van der Waals surface area contributed by atoms with Crippen LogP contribution in [-0.2, 0) is 16.1 Å². The van der Waals surface area contributed by atoms with E-state index in [-0.39, 0.29) is 12.0 Å². The second-order valence-corrected chi connectivity index (χ2v) is 3.71. The van der Waals surface area contributed by atoms with E-state index in [9.17, 15) is 4.79 Å². The Labute approximate surface area is 95.6 Å². The van der Waals surface area contributed by atoms with Gasteiger partial charge in [-0.25, -0.2) is 4.98 Å². The average molecular weight is 225 g/mol. The van der Waals surface area contributed by atoms with Gasteiger partial charge in [-0.15, -0.1) is 0 Å². The van der Waals surface area contributed by atoms with Crippen LogP contribution in [0.3, 0.4) is 0 Å². The van der Waals surface area contributed by atoms with Crippen LogP contribution in [0.5, 0.6) is 0 Å². The quantitative estimate of drug-likeness (QED) is 0.740. The molecule has 0 amide bonds. The maximum atomic E-state index is 11.1. The van der Waals surface area contributed by atoms with Crippen molar-refractivity contribution in [1.82, 2.24) is 9.55 Å². The zero-order valence-electron chi connectivity index (χ0n) is 9.85. The van der Waals surface area contributed by atoms with Crippen molar-refractivity contribution in [1.29, 1.82) is 0 Å². The maximum absolute atomic E-state index is 11.1. The molecule has 5 nitrogen and oxygen atoms in total. The summed E-state index contributed by atoms with van der Waals surface area (Å²) in [6.45, 7) is 4.91. The molecule has 90 valence electrons. The highest BCUT2D eigenvalue weighted by Crippen LogP contribution is 2.09. The van der Waals surface area contributed by atoms with Gasteiger partial charge in [-0.05, 0) is 20.3 Å². The molecule has 0 unspecified atom stereocenters. The van der Waals surface area contributed by atoms with Gasteiger partial charge in [0.25, 0.3) is 0 Å². The fourth-order valence-electron chi connectivity index (χ4n) is 1.52. The number of hydrogen-bond donors (Lipinski definition) is 1. The third kappa shape index (κ3) is 3.66. The molecule has 2 N–H and O–H groups in total. The topological polar surface area (TPSA) is 70.1 Å². The summed E-state index contributed by atoms with van der Waals surface area (Å²) in [6, 6.07) is -0.0370. The van der Waals surface area contributed by atoms with Crippen LogP contribution in [0.2, 0.25) is 0 Å². The molecule has 0 aliphatic heterocycles. The number of nitrogens with zero attached hydrogens (tertiary/aromatic N) is 2. The van der Waals surface area contributed by atoms with E-state index in [1.54, 1.807) is 12.5 Å². The monoisotopic (exact) mass is 225 g/mol. The molecule has 1 aromatic heterocycles. The highest BCUT2D eigenvalue weighted by Gasteiger charge is 2.07. The van der Waals surface area contributed by atoms with E-state index in [2.05, 4.69) is 4.98 Å². The van der Waals surface area contributed by atoms with Crippen molar-refractivity contribution < 1.29 is 9.53 Å². The van der Waals surface area contributed by atoms with E-state index in [0.29, 0.717) is 13.0 Å². The zero-order valence-corrected chi connectivity index (χ0v) is 9.85. The van der Waals surface area contributed by atoms with Crippen LogP contribution in [0.1, 0.15) is 38.4 Å². The molecule has 0 aliphatic carbocycles. The predicted octanol–water partition coefficient (Wildman–Crippen LogP) is 1.25. The minimum absolute atomic E-state index is 0.0370. The van der Waals surface area contributed by atoms with E-state index >= 15 is 0 Å². The lowest BCUT2D eigenvalue weighted by molar-refractivity contribution is -0.143. The summed E-state index contributed by atoms with van der Waals surface area (Å²) in [5.74, 6) is -0.148. The van der Waals surface area contributed by atoms with Gasteiger partial charge in [-0.1, -0.05) is 0 Å². The summed E-state index contributed by atoms with van der Waals surface area (Å²) < 4.78 is 6.83. The van der Waals surface area contributed by atoms with Crippen LogP contribution >= 0.6 is 0 Å². The van der Waals surface area contributed by atoms with Crippen LogP contribution in [-0.4, -0.2) is 22.1 Å². The molecule has 0 aromatic carbocycles. The van der Waals surface area contributed by atoms with E-state index in [1.165, 1.54) is 0 Å². The van der Waals surface area contributed by atoms with Gasteiger partial charge in [0, 0.05) is 25.2 Å². The number of rotatable bonds is 6. The number of imidazole rings is 1. The fraction of sp³-hybridized carbons (Fsp3) is 0.636. The molecule has 16 heavy (non-hydrogen) atoms. The Morgan fingerprint density at radius 3 is 3.06 bits per heavy atom. The van der Waals surface area contributed by atoms with E-state index in [1.807, 2.05) is 18.4 Å². The minimum Gasteiger partial charge on any atom is -0.466 e. The van der Waals surface area contributed by atoms with Crippen molar-refractivity contribution in [3.8, 4) is 0 Å². The average Bonchev–Trinajstić information content (AvgIpc) is 2.66. The maximum Gasteiger partial charge on any atom is 0.305 e. The normalized spacial score (nSPS) is 12.4. The van der Waals surface area contributed by atoms with Crippen molar-refractivity contribution in [2.24, 2.45) is 5.73 Å². The van der Waals surface area contributed by atoms with Gasteiger partial charge in [0.15, 0.2) is 0 Å². The van der Waals surface area contributed by atoms with Gasteiger partial charge in [0.1, 0.15) is 0 Å². The summed E-state index contributed by atoms with van der Waals surface area (Å²) in [6.07, 6.45) is 4.68. The third-order valence-electron chi connectivity index (χ3n) is 2.30. The molecular formula is C11H19N3O2. The van der Waals surface area contributed by atoms with Gasteiger partial charge >= 0.3 is 5.97 Å². The molecule has 0 radical (unpaired) electrons. The fourth-order valence-corrected chi connectivity index (χ4v) is 1.52. The molecule has 0 fully saturated rings. The molecule has 0 saturated carbocycles. The first kappa shape index (κ1) is 12.7. The lowest BCUT2D eigenvalue weighted by atomic mass is 10.2. The zero-order chi connectivity index (χ0) is 12.0. The second kappa shape index (κ2) is 6.27. The van der Waals surface area contributed by atoms with Gasteiger partial charge in [-0.2, -0.15) is 0 Å². The largest absolute Gasteiger partial charge is 0.466 e. The molecule has 1 rings (SSSR count). The highest BCUT2D eigenvalue weighted by atomic mass is 16.5. The molecule has 0 aliphatic rings. The van der Waals surface area contributed by atoms with E-state index in [0.717, 1.165) is 18.7 Å². The first-order chi connectivity index (χ1) is 7.65. The Morgan fingerprint density at radius 2 is 2.44 bits per heavy atom. The van der Waals surface area contributed by atoms with E-state index in [4.69, 9.17) is 10.5 Å². The van der Waals surface area contributed by atoms with Crippen LogP contribution in [0.15, 0.2) is 12.5 Å². The van der Waals surface area contributed by atoms with Crippen molar-refractivity contribution in [2.75, 3.05) is 6.61 Å². The smallest absolute Gasteiger partial charge is 0.305 e. The van der Waals surface area contributed by atoms with Crippen LogP contribution < -0.4 is 5.73 Å². The standard InChI is InChI=1S/C11H19N3O2/c1-3-16-11(15)5-4-6-14-8-13-7-10(14)9(2)12/h7-9H,3-6,12H2,1-2H3/t9-/m1/s1. The lowest BCUT2D eigenvalue weighted by Crippen LogP contribution is -2.13. The third-order valence-corrected chi connectivity index (χ3v) is 2.30. The van der Waals surface area contributed by atoms with Crippen molar-refractivity contribution in [3.63, 3.8) is 0 Å². The van der Waals surface area contributed by atoms with Crippen LogP contribution in [0.25, 0.3) is 0 Å². The van der Waals surface area contributed by atoms with Gasteiger partial charge in [0.05, 0.1) is 18.6 Å². The Morgan fingerprint density at radius 1 is 1.69 bits per heavy atom. The minimum atomic E-state index is -0.148. The van der Waals surface area contributed by atoms with E-state index < -0.39 is 0 Å². The number of hydrogen-bond acceptors (Lipinski definition) is 4. The number of aryl methyl sites for hydroxylation is 1. The molecule has 1 aromatic rings. The molecular weight excluding hydrogens is 206 g/mol. The van der Waals surface area contributed by atoms with Gasteiger partial charge < -0.3 is 15.0 Å². The molecule has 0 spiro atoms. The van der Waals surface area contributed by atoms with Crippen molar-refractivity contribution in [3.05, 3.63) is 18.2 Å². The van der Waals surface area contributed by atoms with Crippen molar-refractivity contribution >= 4 is 5.97 Å². The Kier molecular flexibility index (Phi) is 4.98. The summed E-state index contributed by atoms with van der Waals surface area (Å²) in [4.78, 5) is 15.2. The Balaban J connectivity index is 2.37. The highest BCUT2D eigenvalue weighted by molar-refractivity contribution is 5.69. The SMILES string of the molecule is CCOC(=O)CCCn1cncc1[C@@H](C)N. The molecule has 0 saturated heterocycles. The number of ether oxygens (including phenoxy) is 1. The first-order valence-electron chi connectivity index (χ1n) is 5.56. The number of carbonyl (C=O) groups is 1. The Hall–Kier alpha value is -1.36. The second-order valence-electron chi connectivity index (χ2n) is 3.71. The molecule has 0 bridgehead atoms. The summed E-state index contributed by atoms with van der Waals surface area (Å²) in [5, 5.41) is 0. The first-order valence-corrected chi connectivity index (χ1v) is 5.56.